The molecule has 1 nitrogen and oxygen atoms in total. The molecular weight excluding hydrogens is 190 g/mol. The largest absolute Gasteiger partial charge is 0.330 e. The highest BCUT2D eigenvalue weighted by atomic mass is 35.5. The van der Waals surface area contributed by atoms with Crippen molar-refractivity contribution < 1.29 is 0 Å². The second kappa shape index (κ2) is 4.65. The fourth-order valence-electron chi connectivity index (χ4n) is 0.968. The first kappa shape index (κ1) is 9.78. The molecule has 0 amide bonds. The summed E-state index contributed by atoms with van der Waals surface area (Å²) in [6.07, 6.45) is 3.04. The van der Waals surface area contributed by atoms with Crippen molar-refractivity contribution in [2.75, 3.05) is 6.54 Å². The SMILES string of the molecule is C/C(=C/CCN)c1sccc1Cl. The van der Waals surface area contributed by atoms with Crippen molar-refractivity contribution in [2.24, 2.45) is 5.73 Å². The van der Waals surface area contributed by atoms with E-state index in [1.54, 1.807) is 11.3 Å². The fourth-order valence-corrected chi connectivity index (χ4v) is 2.18. The van der Waals surface area contributed by atoms with Gasteiger partial charge >= 0.3 is 0 Å². The monoisotopic (exact) mass is 201 g/mol. The Balaban J connectivity index is 2.77. The van der Waals surface area contributed by atoms with E-state index in [0.29, 0.717) is 6.54 Å². The maximum absolute atomic E-state index is 5.95. The minimum absolute atomic E-state index is 0.695. The van der Waals surface area contributed by atoms with Crippen molar-refractivity contribution in [2.45, 2.75) is 13.3 Å². The van der Waals surface area contributed by atoms with Crippen LogP contribution in [0.5, 0.6) is 0 Å². The van der Waals surface area contributed by atoms with E-state index in [1.807, 2.05) is 11.4 Å². The van der Waals surface area contributed by atoms with Gasteiger partial charge in [0.2, 0.25) is 0 Å². The van der Waals surface area contributed by atoms with Gasteiger partial charge in [0.05, 0.1) is 5.02 Å². The van der Waals surface area contributed by atoms with E-state index in [2.05, 4.69) is 13.0 Å². The van der Waals surface area contributed by atoms with E-state index in [0.717, 1.165) is 16.3 Å². The molecule has 1 heterocycles. The molecule has 12 heavy (non-hydrogen) atoms. The van der Waals surface area contributed by atoms with Crippen LogP contribution in [0.3, 0.4) is 0 Å². The highest BCUT2D eigenvalue weighted by Gasteiger charge is 2.01. The lowest BCUT2D eigenvalue weighted by molar-refractivity contribution is 1.01. The van der Waals surface area contributed by atoms with E-state index in [9.17, 15) is 0 Å². The van der Waals surface area contributed by atoms with Crippen LogP contribution in [0.1, 0.15) is 18.2 Å². The third-order valence-electron chi connectivity index (χ3n) is 1.59. The van der Waals surface area contributed by atoms with Gasteiger partial charge in [-0.25, -0.2) is 0 Å². The molecule has 66 valence electrons. The molecule has 2 N–H and O–H groups in total. The van der Waals surface area contributed by atoms with Gasteiger partial charge in [-0.05, 0) is 36.9 Å². The van der Waals surface area contributed by atoms with Crippen LogP contribution in [0.25, 0.3) is 5.57 Å². The van der Waals surface area contributed by atoms with Crippen LogP contribution in [0.15, 0.2) is 17.5 Å². The maximum Gasteiger partial charge on any atom is 0.0588 e. The summed E-state index contributed by atoms with van der Waals surface area (Å²) in [6, 6.07) is 1.92. The molecule has 1 rings (SSSR count). The average Bonchev–Trinajstić information content (AvgIpc) is 2.47. The van der Waals surface area contributed by atoms with Crippen LogP contribution in [0.2, 0.25) is 5.02 Å². The highest BCUT2D eigenvalue weighted by Crippen LogP contribution is 2.29. The second-order valence-electron chi connectivity index (χ2n) is 2.56. The van der Waals surface area contributed by atoms with Crippen LogP contribution in [-0.4, -0.2) is 6.54 Å². The first-order valence-corrected chi connectivity index (χ1v) is 5.11. The van der Waals surface area contributed by atoms with Crippen molar-refractivity contribution >= 4 is 28.5 Å². The molecule has 0 spiro atoms. The summed E-state index contributed by atoms with van der Waals surface area (Å²) in [5.74, 6) is 0. The van der Waals surface area contributed by atoms with E-state index in [4.69, 9.17) is 17.3 Å². The molecule has 0 aromatic carbocycles. The fraction of sp³-hybridized carbons (Fsp3) is 0.333. The number of thiophene rings is 1. The van der Waals surface area contributed by atoms with Gasteiger partial charge < -0.3 is 5.73 Å². The van der Waals surface area contributed by atoms with Gasteiger partial charge in [0.25, 0.3) is 0 Å². The third kappa shape index (κ3) is 2.34. The Morgan fingerprint density at radius 3 is 3.00 bits per heavy atom. The van der Waals surface area contributed by atoms with Crippen LogP contribution in [-0.2, 0) is 0 Å². The lowest BCUT2D eigenvalue weighted by Crippen LogP contribution is -1.95. The van der Waals surface area contributed by atoms with Gasteiger partial charge in [-0.15, -0.1) is 11.3 Å². The smallest absolute Gasteiger partial charge is 0.0588 e. The Kier molecular flexibility index (Phi) is 3.79. The first-order valence-electron chi connectivity index (χ1n) is 3.86. The zero-order valence-corrected chi connectivity index (χ0v) is 8.58. The quantitative estimate of drug-likeness (QED) is 0.799. The molecule has 0 saturated carbocycles. The molecule has 0 bridgehead atoms. The number of allylic oxidation sites excluding steroid dienone is 1. The summed E-state index contributed by atoms with van der Waals surface area (Å²) >= 11 is 7.62. The standard InChI is InChI=1S/C9H12ClNS/c1-7(3-2-5-11)9-8(10)4-6-12-9/h3-4,6H,2,5,11H2,1H3/b7-3-. The minimum atomic E-state index is 0.695. The number of halogens is 1. The summed E-state index contributed by atoms with van der Waals surface area (Å²) < 4.78 is 0. The second-order valence-corrected chi connectivity index (χ2v) is 3.89. The summed E-state index contributed by atoms with van der Waals surface area (Å²) in [7, 11) is 0. The van der Waals surface area contributed by atoms with E-state index in [-0.39, 0.29) is 0 Å². The topological polar surface area (TPSA) is 26.0 Å². The number of rotatable bonds is 3. The van der Waals surface area contributed by atoms with Crippen LogP contribution in [0, 0.1) is 0 Å². The van der Waals surface area contributed by atoms with Gasteiger partial charge in [-0.2, -0.15) is 0 Å². The summed E-state index contributed by atoms with van der Waals surface area (Å²) in [5, 5.41) is 2.84. The molecule has 0 unspecified atom stereocenters. The molecule has 1 aromatic heterocycles. The van der Waals surface area contributed by atoms with Gasteiger partial charge in [-0.1, -0.05) is 17.7 Å². The Morgan fingerprint density at radius 1 is 1.75 bits per heavy atom. The van der Waals surface area contributed by atoms with E-state index in [1.165, 1.54) is 5.57 Å². The van der Waals surface area contributed by atoms with Crippen molar-refractivity contribution in [3.8, 4) is 0 Å². The third-order valence-corrected chi connectivity index (χ3v) is 3.07. The predicted octanol–water partition coefficient (Wildman–Crippen LogP) is 3.15. The van der Waals surface area contributed by atoms with Crippen molar-refractivity contribution in [3.63, 3.8) is 0 Å². The molecule has 0 aliphatic rings. The van der Waals surface area contributed by atoms with Crippen molar-refractivity contribution in [1.82, 2.24) is 0 Å². The number of nitrogens with two attached hydrogens (primary N) is 1. The Labute approximate surface area is 81.9 Å². The average molecular weight is 202 g/mol. The molecule has 0 saturated heterocycles. The van der Waals surface area contributed by atoms with Crippen LogP contribution >= 0.6 is 22.9 Å². The Morgan fingerprint density at radius 2 is 2.50 bits per heavy atom. The lowest BCUT2D eigenvalue weighted by atomic mass is 10.2. The molecule has 0 radical (unpaired) electrons. The number of hydrogen-bond donors (Lipinski definition) is 1. The molecule has 0 aliphatic heterocycles. The Bertz CT molecular complexity index is 278. The zero-order chi connectivity index (χ0) is 8.97. The van der Waals surface area contributed by atoms with Gasteiger partial charge in [0.1, 0.15) is 0 Å². The van der Waals surface area contributed by atoms with Gasteiger partial charge in [0.15, 0.2) is 0 Å². The van der Waals surface area contributed by atoms with Crippen molar-refractivity contribution in [1.29, 1.82) is 0 Å². The molecular formula is C9H12ClNS. The molecule has 0 aliphatic carbocycles. The zero-order valence-electron chi connectivity index (χ0n) is 7.01. The van der Waals surface area contributed by atoms with Crippen LogP contribution < -0.4 is 5.73 Å². The van der Waals surface area contributed by atoms with Crippen LogP contribution in [0.4, 0.5) is 0 Å². The molecule has 0 fully saturated rings. The lowest BCUT2D eigenvalue weighted by Gasteiger charge is -1.97. The summed E-state index contributed by atoms with van der Waals surface area (Å²) in [4.78, 5) is 1.16. The normalized spacial score (nSPS) is 12.1. The maximum atomic E-state index is 5.95. The van der Waals surface area contributed by atoms with E-state index >= 15 is 0 Å². The first-order chi connectivity index (χ1) is 5.75. The molecule has 1 aromatic rings. The molecule has 3 heteroatoms. The highest BCUT2D eigenvalue weighted by molar-refractivity contribution is 7.11. The summed E-state index contributed by atoms with van der Waals surface area (Å²) in [6.45, 7) is 2.76. The van der Waals surface area contributed by atoms with Crippen molar-refractivity contribution in [3.05, 3.63) is 27.4 Å². The predicted molar refractivity (Wildman–Crippen MR) is 56.7 cm³/mol. The van der Waals surface area contributed by atoms with Gasteiger partial charge in [0, 0.05) is 4.88 Å². The number of hydrogen-bond acceptors (Lipinski definition) is 2. The molecule has 0 atom stereocenters. The van der Waals surface area contributed by atoms with Gasteiger partial charge in [-0.3, -0.25) is 0 Å². The minimum Gasteiger partial charge on any atom is -0.330 e. The van der Waals surface area contributed by atoms with E-state index < -0.39 is 0 Å². The Hall–Kier alpha value is -0.310. The summed E-state index contributed by atoms with van der Waals surface area (Å²) in [5.41, 5.74) is 6.62.